The Morgan fingerprint density at radius 3 is 2.43 bits per heavy atom. The SMILES string of the molecule is NC(N)=NC[C@]1(O)[C@H](O)[C@@H](C(=O)O)O[C@@H](Oc2cc3oc(-c4ccc(O)cc4CCCO)cc(=O)c3c(O)c2O)[C@@H]1O. The molecule has 0 spiro atoms. The molecule has 2 aromatic carbocycles. The number of benzene rings is 2. The molecule has 0 bridgehead atoms. The minimum absolute atomic E-state index is 0.00824. The van der Waals surface area contributed by atoms with Gasteiger partial charge in [0.25, 0.3) is 0 Å². The summed E-state index contributed by atoms with van der Waals surface area (Å²) >= 11 is 0. The fourth-order valence-electron chi connectivity index (χ4n) is 4.57. The van der Waals surface area contributed by atoms with Crippen LogP contribution in [-0.4, -0.2) is 96.1 Å². The minimum Gasteiger partial charge on any atom is -0.508 e. The summed E-state index contributed by atoms with van der Waals surface area (Å²) in [4.78, 5) is 28.2. The summed E-state index contributed by atoms with van der Waals surface area (Å²) in [6, 6.07) is 6.26. The van der Waals surface area contributed by atoms with Crippen LogP contribution >= 0.6 is 0 Å². The molecule has 42 heavy (non-hydrogen) atoms. The van der Waals surface area contributed by atoms with E-state index in [0.717, 1.165) is 12.1 Å². The molecule has 12 N–H and O–H groups in total. The molecule has 3 aromatic rings. The van der Waals surface area contributed by atoms with E-state index in [1.54, 1.807) is 0 Å². The standard InChI is InChI=1S/C26H29N3O13/c27-25(28)29-9-26(39)21(35)20(23(37)38)42-24(22(26)36)41-16-8-15-17(19(34)18(16)33)13(32)7-14(40-15)12-4-3-11(31)6-10(12)2-1-5-30/h3-4,6-8,20-22,24,30-31,33-36,39H,1-2,5,9H2,(H,37,38)(H4,27,28,29)/t20-,21+,22-,24+,26-/m0/s1. The molecule has 0 saturated carbocycles. The van der Waals surface area contributed by atoms with Gasteiger partial charge in [-0.1, -0.05) is 0 Å². The highest BCUT2D eigenvalue weighted by atomic mass is 16.7. The summed E-state index contributed by atoms with van der Waals surface area (Å²) in [6.07, 6.45) is -8.05. The summed E-state index contributed by atoms with van der Waals surface area (Å²) in [6.45, 7) is -1.01. The lowest BCUT2D eigenvalue weighted by Gasteiger charge is -2.45. The quantitative estimate of drug-likeness (QED) is 0.0762. The average molecular weight is 592 g/mol. The van der Waals surface area contributed by atoms with Gasteiger partial charge in [-0.2, -0.15) is 0 Å². The van der Waals surface area contributed by atoms with Crippen molar-refractivity contribution in [3.05, 3.63) is 46.1 Å². The number of aliphatic carboxylic acids is 1. The molecule has 0 radical (unpaired) electrons. The Bertz CT molecular complexity index is 1590. The predicted octanol–water partition coefficient (Wildman–Crippen LogP) is -1.58. The van der Waals surface area contributed by atoms with Gasteiger partial charge in [-0.25, -0.2) is 4.79 Å². The van der Waals surface area contributed by atoms with Crippen LogP contribution in [0.15, 0.2) is 44.5 Å². The lowest BCUT2D eigenvalue weighted by molar-refractivity contribution is -0.303. The maximum Gasteiger partial charge on any atom is 0.335 e. The van der Waals surface area contributed by atoms with Crippen molar-refractivity contribution in [3.63, 3.8) is 0 Å². The first-order chi connectivity index (χ1) is 19.8. The van der Waals surface area contributed by atoms with Gasteiger partial charge in [-0.05, 0) is 36.6 Å². The van der Waals surface area contributed by atoms with Crippen molar-refractivity contribution in [2.75, 3.05) is 13.2 Å². The lowest BCUT2D eigenvalue weighted by atomic mass is 9.84. The molecule has 1 aromatic heterocycles. The van der Waals surface area contributed by atoms with Crippen molar-refractivity contribution in [2.45, 2.75) is 43.0 Å². The third-order valence-electron chi connectivity index (χ3n) is 6.74. The Morgan fingerprint density at radius 2 is 1.79 bits per heavy atom. The Balaban J connectivity index is 1.79. The average Bonchev–Trinajstić information content (AvgIpc) is 2.93. The number of phenols is 3. The van der Waals surface area contributed by atoms with Crippen LogP contribution in [0.1, 0.15) is 12.0 Å². The molecular weight excluding hydrogens is 562 g/mol. The highest BCUT2D eigenvalue weighted by Crippen LogP contribution is 2.43. The number of aromatic hydroxyl groups is 3. The number of aliphatic hydroxyl groups excluding tert-OH is 3. The van der Waals surface area contributed by atoms with E-state index in [1.165, 1.54) is 18.2 Å². The number of rotatable bonds is 9. The second-order valence-electron chi connectivity index (χ2n) is 9.59. The Kier molecular flexibility index (Phi) is 8.46. The highest BCUT2D eigenvalue weighted by molar-refractivity contribution is 5.89. The van der Waals surface area contributed by atoms with Crippen LogP contribution in [0.3, 0.4) is 0 Å². The van der Waals surface area contributed by atoms with Gasteiger partial charge in [0.1, 0.15) is 40.3 Å². The van der Waals surface area contributed by atoms with E-state index in [1.807, 2.05) is 0 Å². The van der Waals surface area contributed by atoms with E-state index >= 15 is 0 Å². The topological polar surface area (TPSA) is 292 Å². The van der Waals surface area contributed by atoms with Gasteiger partial charge in [-0.15, -0.1) is 0 Å². The van der Waals surface area contributed by atoms with E-state index in [2.05, 4.69) is 4.99 Å². The number of nitrogens with zero attached hydrogens (tertiary/aromatic N) is 1. The molecule has 1 aliphatic heterocycles. The molecule has 1 fully saturated rings. The van der Waals surface area contributed by atoms with Crippen LogP contribution in [-0.2, 0) is 16.0 Å². The Hall–Kier alpha value is -4.61. The fourth-order valence-corrected chi connectivity index (χ4v) is 4.57. The summed E-state index contributed by atoms with van der Waals surface area (Å²) in [5, 5.41) is 81.6. The molecule has 4 rings (SSSR count). The van der Waals surface area contributed by atoms with Gasteiger partial charge in [0.15, 0.2) is 29.0 Å². The maximum absolute atomic E-state index is 13.0. The van der Waals surface area contributed by atoms with Crippen LogP contribution in [0, 0.1) is 0 Å². The van der Waals surface area contributed by atoms with Crippen molar-refractivity contribution in [3.8, 4) is 34.3 Å². The zero-order valence-corrected chi connectivity index (χ0v) is 21.7. The molecular formula is C26H29N3O13. The number of phenolic OH excluding ortho intramolecular Hbond substituents is 3. The van der Waals surface area contributed by atoms with E-state index in [0.29, 0.717) is 24.0 Å². The van der Waals surface area contributed by atoms with Crippen molar-refractivity contribution in [1.29, 1.82) is 0 Å². The molecule has 226 valence electrons. The van der Waals surface area contributed by atoms with Gasteiger partial charge >= 0.3 is 5.97 Å². The van der Waals surface area contributed by atoms with Crippen LogP contribution in [0.4, 0.5) is 0 Å². The monoisotopic (exact) mass is 591 g/mol. The largest absolute Gasteiger partial charge is 0.508 e. The third kappa shape index (κ3) is 5.61. The molecule has 16 heteroatoms. The molecule has 0 aliphatic carbocycles. The zero-order valence-electron chi connectivity index (χ0n) is 21.7. The van der Waals surface area contributed by atoms with E-state index < -0.39 is 76.7 Å². The van der Waals surface area contributed by atoms with Gasteiger partial charge in [-0.3, -0.25) is 9.79 Å². The first-order valence-electron chi connectivity index (χ1n) is 12.4. The predicted molar refractivity (Wildman–Crippen MR) is 143 cm³/mol. The van der Waals surface area contributed by atoms with E-state index in [9.17, 15) is 50.4 Å². The van der Waals surface area contributed by atoms with Crippen molar-refractivity contribution in [2.24, 2.45) is 16.5 Å². The summed E-state index contributed by atoms with van der Waals surface area (Å²) in [5.74, 6) is -5.04. The second-order valence-corrected chi connectivity index (χ2v) is 9.59. The van der Waals surface area contributed by atoms with Crippen molar-refractivity contribution in [1.82, 2.24) is 0 Å². The fraction of sp³-hybridized carbons (Fsp3) is 0.346. The number of aryl methyl sites for hydroxylation is 1. The lowest BCUT2D eigenvalue weighted by Crippen LogP contribution is -2.70. The molecule has 0 unspecified atom stereocenters. The van der Waals surface area contributed by atoms with Gasteiger partial charge in [0.2, 0.25) is 12.0 Å². The Morgan fingerprint density at radius 1 is 1.07 bits per heavy atom. The van der Waals surface area contributed by atoms with Gasteiger partial charge in [0, 0.05) is 24.3 Å². The molecule has 1 saturated heterocycles. The third-order valence-corrected chi connectivity index (χ3v) is 6.74. The number of guanidine groups is 1. The first-order valence-corrected chi connectivity index (χ1v) is 12.4. The van der Waals surface area contributed by atoms with Gasteiger partial charge < -0.3 is 66.2 Å². The van der Waals surface area contributed by atoms with Crippen LogP contribution in [0.2, 0.25) is 0 Å². The molecule has 16 nitrogen and oxygen atoms in total. The first kappa shape index (κ1) is 30.4. The second kappa shape index (κ2) is 11.7. The summed E-state index contributed by atoms with van der Waals surface area (Å²) < 4.78 is 16.4. The maximum atomic E-state index is 13.0. The van der Waals surface area contributed by atoms with Crippen molar-refractivity contribution >= 4 is 22.9 Å². The van der Waals surface area contributed by atoms with E-state index in [4.69, 9.17) is 25.4 Å². The smallest absolute Gasteiger partial charge is 0.335 e. The van der Waals surface area contributed by atoms with Crippen molar-refractivity contribution < 1.29 is 59.5 Å². The number of hydrogen-bond donors (Lipinski definition) is 10. The number of hydrogen-bond acceptors (Lipinski definition) is 13. The number of ether oxygens (including phenoxy) is 2. The number of aliphatic hydroxyl groups is 4. The zero-order chi connectivity index (χ0) is 30.9. The highest BCUT2D eigenvalue weighted by Gasteiger charge is 2.58. The number of nitrogens with two attached hydrogens (primary N) is 2. The molecule has 2 heterocycles. The summed E-state index contributed by atoms with van der Waals surface area (Å²) in [7, 11) is 0. The van der Waals surface area contributed by atoms with Crippen LogP contribution in [0.25, 0.3) is 22.3 Å². The number of fused-ring (bicyclic) bond motifs is 1. The van der Waals surface area contributed by atoms with Crippen LogP contribution < -0.4 is 21.6 Å². The molecule has 0 amide bonds. The minimum atomic E-state index is -2.71. The normalized spacial score (nSPS) is 23.9. The number of carbonyl (C=O) groups is 1. The summed E-state index contributed by atoms with van der Waals surface area (Å²) in [5.41, 5.74) is 7.62. The molecule has 5 atom stereocenters. The number of aliphatic imine (C=N–C) groups is 1. The van der Waals surface area contributed by atoms with E-state index in [-0.39, 0.29) is 23.7 Å². The molecule has 1 aliphatic rings. The van der Waals surface area contributed by atoms with Crippen LogP contribution in [0.5, 0.6) is 23.0 Å². The Labute approximate surface area is 235 Å². The number of carboxylic acids is 1. The number of carboxylic acid groups (broad SMARTS) is 1. The van der Waals surface area contributed by atoms with Gasteiger partial charge in [0.05, 0.1) is 6.54 Å².